The summed E-state index contributed by atoms with van der Waals surface area (Å²) in [4.78, 5) is 5.66. The maximum absolute atomic E-state index is 12.9. The summed E-state index contributed by atoms with van der Waals surface area (Å²) in [5.74, 6) is -0.755. The van der Waals surface area contributed by atoms with Gasteiger partial charge in [0.2, 0.25) is 0 Å². The van der Waals surface area contributed by atoms with E-state index in [2.05, 4.69) is 4.99 Å². The predicted molar refractivity (Wildman–Crippen MR) is 85.1 cm³/mol. The van der Waals surface area contributed by atoms with Gasteiger partial charge < -0.3 is 10.6 Å². The monoisotopic (exact) mass is 419 g/mol. The third-order valence-corrected chi connectivity index (χ3v) is 2.88. The molecule has 0 saturated heterocycles. The van der Waals surface area contributed by atoms with Crippen LogP contribution in [0.3, 0.4) is 0 Å². The molecule has 3 nitrogen and oxygen atoms in total. The molecule has 21 heavy (non-hydrogen) atoms. The molecule has 0 spiro atoms. The van der Waals surface area contributed by atoms with Crippen LogP contribution in [0, 0.1) is 5.82 Å². The molecule has 2 N–H and O–H groups in total. The lowest BCUT2D eigenvalue weighted by molar-refractivity contribution is -0.138. The highest BCUT2D eigenvalue weighted by molar-refractivity contribution is 14.0. The molecule has 0 heterocycles. The number of hydrogen-bond donors (Lipinski definition) is 1. The lowest BCUT2D eigenvalue weighted by Gasteiger charge is -2.19. The Balaban J connectivity index is 0.00000400. The molecule has 0 aliphatic rings. The van der Waals surface area contributed by atoms with Gasteiger partial charge in [-0.25, -0.2) is 9.38 Å². The second-order valence-electron chi connectivity index (χ2n) is 4.15. The summed E-state index contributed by atoms with van der Waals surface area (Å²) in [6.07, 6.45) is -4.61. The summed E-state index contributed by atoms with van der Waals surface area (Å²) in [6.45, 7) is 4.72. The second kappa shape index (κ2) is 8.40. The highest BCUT2D eigenvalue weighted by Gasteiger charge is 2.33. The normalized spacial score (nSPS) is 12.0. The van der Waals surface area contributed by atoms with Crippen LogP contribution in [0.4, 0.5) is 17.6 Å². The van der Waals surface area contributed by atoms with E-state index in [4.69, 9.17) is 5.73 Å². The first-order valence-corrected chi connectivity index (χ1v) is 6.20. The number of aliphatic imine (C=N–C) groups is 1. The quantitative estimate of drug-likeness (QED) is 0.351. The number of benzene rings is 1. The molecule has 0 fully saturated rings. The van der Waals surface area contributed by atoms with Crippen molar-refractivity contribution in [2.75, 3.05) is 13.1 Å². The van der Waals surface area contributed by atoms with E-state index in [-0.39, 0.29) is 42.0 Å². The van der Waals surface area contributed by atoms with Crippen LogP contribution in [0.1, 0.15) is 25.0 Å². The van der Waals surface area contributed by atoms with Crippen molar-refractivity contribution in [2.45, 2.75) is 26.6 Å². The molecule has 0 saturated carbocycles. The highest BCUT2D eigenvalue weighted by atomic mass is 127. The minimum atomic E-state index is -4.61. The van der Waals surface area contributed by atoms with Gasteiger partial charge >= 0.3 is 6.18 Å². The van der Waals surface area contributed by atoms with Crippen molar-refractivity contribution in [3.63, 3.8) is 0 Å². The molecular weight excluding hydrogens is 401 g/mol. The molecule has 0 atom stereocenters. The predicted octanol–water partition coefficient (Wildman–Crippen LogP) is 3.62. The van der Waals surface area contributed by atoms with Crippen LogP contribution in [0.25, 0.3) is 0 Å². The zero-order valence-corrected chi connectivity index (χ0v) is 14.1. The molecule has 0 bridgehead atoms. The number of nitrogens with zero attached hydrogens (tertiary/aromatic N) is 2. The molecule has 8 heteroatoms. The van der Waals surface area contributed by atoms with Gasteiger partial charge in [-0.1, -0.05) is 6.07 Å². The first kappa shape index (κ1) is 19.9. The Kier molecular flexibility index (Phi) is 7.98. The van der Waals surface area contributed by atoms with Crippen molar-refractivity contribution in [3.8, 4) is 0 Å². The van der Waals surface area contributed by atoms with Crippen LogP contribution >= 0.6 is 24.0 Å². The van der Waals surface area contributed by atoms with Gasteiger partial charge in [-0.2, -0.15) is 13.2 Å². The topological polar surface area (TPSA) is 41.6 Å². The zero-order valence-electron chi connectivity index (χ0n) is 11.7. The van der Waals surface area contributed by atoms with Gasteiger partial charge in [0.25, 0.3) is 0 Å². The number of hydrogen-bond acceptors (Lipinski definition) is 1. The summed E-state index contributed by atoms with van der Waals surface area (Å²) in [6, 6.07) is 2.53. The summed E-state index contributed by atoms with van der Waals surface area (Å²) in [7, 11) is 0. The fourth-order valence-electron chi connectivity index (χ4n) is 1.76. The van der Waals surface area contributed by atoms with E-state index < -0.39 is 17.6 Å². The summed E-state index contributed by atoms with van der Waals surface area (Å²) < 4.78 is 51.3. The van der Waals surface area contributed by atoms with Gasteiger partial charge in [0, 0.05) is 13.1 Å². The van der Waals surface area contributed by atoms with E-state index in [1.807, 2.05) is 13.8 Å². The SMILES string of the molecule is CCN(CC)C(N)=NCc1ccc(F)cc1C(F)(F)F.I. The molecule has 1 aromatic rings. The highest BCUT2D eigenvalue weighted by Crippen LogP contribution is 2.32. The molecule has 0 aliphatic carbocycles. The Morgan fingerprint density at radius 3 is 2.29 bits per heavy atom. The van der Waals surface area contributed by atoms with Crippen molar-refractivity contribution < 1.29 is 17.6 Å². The average Bonchev–Trinajstić information content (AvgIpc) is 2.37. The second-order valence-corrected chi connectivity index (χ2v) is 4.15. The molecule has 0 aromatic heterocycles. The maximum Gasteiger partial charge on any atom is 0.416 e. The minimum absolute atomic E-state index is 0. The Bertz CT molecular complexity index is 485. The molecule has 1 rings (SSSR count). The maximum atomic E-state index is 12.9. The molecule has 1 aromatic carbocycles. The van der Waals surface area contributed by atoms with Gasteiger partial charge in [0.1, 0.15) is 5.82 Å². The van der Waals surface area contributed by atoms with E-state index in [0.29, 0.717) is 19.2 Å². The number of halogens is 5. The Morgan fingerprint density at radius 2 is 1.81 bits per heavy atom. The van der Waals surface area contributed by atoms with Gasteiger partial charge in [-0.05, 0) is 31.5 Å². The van der Waals surface area contributed by atoms with E-state index in [1.54, 1.807) is 4.90 Å². The van der Waals surface area contributed by atoms with Gasteiger partial charge in [-0.3, -0.25) is 0 Å². The largest absolute Gasteiger partial charge is 0.416 e. The Morgan fingerprint density at radius 1 is 1.24 bits per heavy atom. The summed E-state index contributed by atoms with van der Waals surface area (Å²) in [5.41, 5.74) is 4.57. The van der Waals surface area contributed by atoms with Crippen LogP contribution in [-0.4, -0.2) is 23.9 Å². The fraction of sp³-hybridized carbons (Fsp3) is 0.462. The third-order valence-electron chi connectivity index (χ3n) is 2.88. The van der Waals surface area contributed by atoms with Gasteiger partial charge in [0.15, 0.2) is 5.96 Å². The minimum Gasteiger partial charge on any atom is -0.370 e. The van der Waals surface area contributed by atoms with E-state index in [0.717, 1.165) is 12.1 Å². The number of rotatable bonds is 4. The first-order valence-electron chi connectivity index (χ1n) is 6.20. The van der Waals surface area contributed by atoms with Crippen LogP contribution in [-0.2, 0) is 12.7 Å². The standard InChI is InChI=1S/C13H17F4N3.HI/c1-3-20(4-2)12(18)19-8-9-5-6-10(14)7-11(9)13(15,16)17;/h5-7H,3-4,8H2,1-2H3,(H2,18,19);1H. The molecule has 120 valence electrons. The zero-order chi connectivity index (χ0) is 15.3. The van der Waals surface area contributed by atoms with E-state index in [9.17, 15) is 17.6 Å². The number of guanidine groups is 1. The first-order chi connectivity index (χ1) is 9.29. The summed E-state index contributed by atoms with van der Waals surface area (Å²) >= 11 is 0. The van der Waals surface area contributed by atoms with E-state index in [1.165, 1.54) is 0 Å². The smallest absolute Gasteiger partial charge is 0.370 e. The average molecular weight is 419 g/mol. The number of nitrogens with two attached hydrogens (primary N) is 1. The molecular formula is C13H18F4IN3. The fourth-order valence-corrected chi connectivity index (χ4v) is 1.76. The van der Waals surface area contributed by atoms with Crippen LogP contribution in [0.2, 0.25) is 0 Å². The van der Waals surface area contributed by atoms with Gasteiger partial charge in [0.05, 0.1) is 12.1 Å². The van der Waals surface area contributed by atoms with Gasteiger partial charge in [-0.15, -0.1) is 24.0 Å². The molecule has 0 unspecified atom stereocenters. The third kappa shape index (κ3) is 5.68. The molecule has 0 amide bonds. The van der Waals surface area contributed by atoms with Crippen molar-refractivity contribution >= 4 is 29.9 Å². The molecule has 0 aliphatic heterocycles. The lowest BCUT2D eigenvalue weighted by Crippen LogP contribution is -2.37. The van der Waals surface area contributed by atoms with Crippen molar-refractivity contribution in [1.82, 2.24) is 4.90 Å². The Labute approximate surface area is 138 Å². The van der Waals surface area contributed by atoms with Crippen LogP contribution in [0.5, 0.6) is 0 Å². The summed E-state index contributed by atoms with van der Waals surface area (Å²) in [5, 5.41) is 0. The Hall–Kier alpha value is -1.06. The van der Waals surface area contributed by atoms with Crippen LogP contribution in [0.15, 0.2) is 23.2 Å². The van der Waals surface area contributed by atoms with Crippen molar-refractivity contribution in [2.24, 2.45) is 10.7 Å². The van der Waals surface area contributed by atoms with Crippen molar-refractivity contribution in [3.05, 3.63) is 35.1 Å². The molecule has 0 radical (unpaired) electrons. The lowest BCUT2D eigenvalue weighted by atomic mass is 10.1. The number of alkyl halides is 3. The van der Waals surface area contributed by atoms with Crippen LogP contribution < -0.4 is 5.73 Å². The van der Waals surface area contributed by atoms with Crippen molar-refractivity contribution in [1.29, 1.82) is 0 Å². The van der Waals surface area contributed by atoms with E-state index >= 15 is 0 Å².